The standard InChI is InChI=1S/C14H12N4S/c15-8-11-13(17)12(9-16)19-14(11)18-7-6-10-4-2-1-3-5-10/h1-5,18H,6-7,17H2. The summed E-state index contributed by atoms with van der Waals surface area (Å²) in [6.07, 6.45) is 0.853. The summed E-state index contributed by atoms with van der Waals surface area (Å²) in [4.78, 5) is 0.388. The number of nitrogens with two attached hydrogens (primary N) is 1. The van der Waals surface area contributed by atoms with E-state index in [4.69, 9.17) is 16.3 Å². The van der Waals surface area contributed by atoms with E-state index in [1.54, 1.807) is 0 Å². The molecule has 0 saturated carbocycles. The molecule has 0 fully saturated rings. The van der Waals surface area contributed by atoms with Gasteiger partial charge in [0.15, 0.2) is 0 Å². The van der Waals surface area contributed by atoms with E-state index < -0.39 is 0 Å². The van der Waals surface area contributed by atoms with Crippen LogP contribution in [-0.2, 0) is 6.42 Å². The van der Waals surface area contributed by atoms with E-state index >= 15 is 0 Å². The van der Waals surface area contributed by atoms with Crippen LogP contribution in [0.2, 0.25) is 0 Å². The Morgan fingerprint density at radius 1 is 1.16 bits per heavy atom. The molecule has 2 aromatic rings. The Hall–Kier alpha value is -2.50. The van der Waals surface area contributed by atoms with Crippen LogP contribution < -0.4 is 11.1 Å². The van der Waals surface area contributed by atoms with Gasteiger partial charge in [0, 0.05) is 6.54 Å². The second kappa shape index (κ2) is 5.90. The van der Waals surface area contributed by atoms with Gasteiger partial charge in [0.1, 0.15) is 27.6 Å². The maximum absolute atomic E-state index is 9.05. The van der Waals surface area contributed by atoms with Crippen LogP contribution in [0.4, 0.5) is 10.7 Å². The highest BCUT2D eigenvalue weighted by Gasteiger charge is 2.14. The predicted molar refractivity (Wildman–Crippen MR) is 76.8 cm³/mol. The molecule has 1 aromatic heterocycles. The number of anilines is 2. The van der Waals surface area contributed by atoms with Crippen LogP contribution in [0.15, 0.2) is 30.3 Å². The first kappa shape index (κ1) is 12.9. The molecule has 1 heterocycles. The van der Waals surface area contributed by atoms with Crippen LogP contribution in [0, 0.1) is 22.7 Å². The quantitative estimate of drug-likeness (QED) is 0.892. The molecule has 0 aliphatic heterocycles. The third-order valence-corrected chi connectivity index (χ3v) is 3.77. The molecule has 0 aliphatic rings. The number of nitrogens with zero attached hydrogens (tertiary/aromatic N) is 2. The fourth-order valence-electron chi connectivity index (χ4n) is 1.73. The molecule has 0 aliphatic carbocycles. The zero-order valence-electron chi connectivity index (χ0n) is 10.2. The van der Waals surface area contributed by atoms with Gasteiger partial charge < -0.3 is 11.1 Å². The minimum atomic E-state index is 0.275. The van der Waals surface area contributed by atoms with Crippen molar-refractivity contribution < 1.29 is 0 Å². The second-order valence-corrected chi connectivity index (χ2v) is 4.96. The van der Waals surface area contributed by atoms with E-state index in [1.807, 2.05) is 30.3 Å². The van der Waals surface area contributed by atoms with Gasteiger partial charge >= 0.3 is 0 Å². The molecule has 19 heavy (non-hydrogen) atoms. The molecule has 0 spiro atoms. The number of rotatable bonds is 4. The lowest BCUT2D eigenvalue weighted by Crippen LogP contribution is -2.04. The molecule has 2 rings (SSSR count). The van der Waals surface area contributed by atoms with Gasteiger partial charge in [0.05, 0.1) is 5.69 Å². The van der Waals surface area contributed by atoms with Crippen LogP contribution in [0.5, 0.6) is 0 Å². The molecule has 1 aromatic carbocycles. The van der Waals surface area contributed by atoms with Crippen molar-refractivity contribution in [3.8, 4) is 12.1 Å². The van der Waals surface area contributed by atoms with Crippen molar-refractivity contribution in [1.29, 1.82) is 10.5 Å². The van der Waals surface area contributed by atoms with Gasteiger partial charge in [0.25, 0.3) is 0 Å². The zero-order valence-corrected chi connectivity index (χ0v) is 11.0. The maximum atomic E-state index is 9.05. The summed E-state index contributed by atoms with van der Waals surface area (Å²) in [7, 11) is 0. The van der Waals surface area contributed by atoms with E-state index in [0.29, 0.717) is 22.0 Å². The Bertz CT molecular complexity index is 647. The van der Waals surface area contributed by atoms with Crippen molar-refractivity contribution in [2.45, 2.75) is 6.42 Å². The van der Waals surface area contributed by atoms with Crippen LogP contribution in [0.3, 0.4) is 0 Å². The fraction of sp³-hybridized carbons (Fsp3) is 0.143. The Morgan fingerprint density at radius 3 is 2.53 bits per heavy atom. The number of nitrogen functional groups attached to an aromatic ring is 1. The van der Waals surface area contributed by atoms with Crippen LogP contribution in [-0.4, -0.2) is 6.54 Å². The molecule has 5 heteroatoms. The number of hydrogen-bond acceptors (Lipinski definition) is 5. The highest BCUT2D eigenvalue weighted by Crippen LogP contribution is 2.34. The lowest BCUT2D eigenvalue weighted by molar-refractivity contribution is 1.02. The SMILES string of the molecule is N#Cc1sc(NCCc2ccccc2)c(C#N)c1N. The minimum absolute atomic E-state index is 0.275. The van der Waals surface area contributed by atoms with Crippen molar-refractivity contribution >= 4 is 22.0 Å². The molecule has 0 bridgehead atoms. The summed E-state index contributed by atoms with van der Waals surface area (Å²) in [5, 5.41) is 21.8. The second-order valence-electron chi connectivity index (χ2n) is 3.93. The van der Waals surface area contributed by atoms with E-state index in [0.717, 1.165) is 6.42 Å². The average molecular weight is 268 g/mol. The Kier molecular flexibility index (Phi) is 4.02. The maximum Gasteiger partial charge on any atom is 0.131 e. The van der Waals surface area contributed by atoms with Crippen LogP contribution >= 0.6 is 11.3 Å². The Balaban J connectivity index is 2.05. The molecular weight excluding hydrogens is 256 g/mol. The van der Waals surface area contributed by atoms with Gasteiger partial charge in [-0.2, -0.15) is 10.5 Å². The summed E-state index contributed by atoms with van der Waals surface area (Å²) in [5.41, 5.74) is 7.60. The number of benzene rings is 1. The van der Waals surface area contributed by atoms with Crippen molar-refractivity contribution in [1.82, 2.24) is 0 Å². The molecular formula is C14H12N4S. The first-order valence-electron chi connectivity index (χ1n) is 5.76. The summed E-state index contributed by atoms with van der Waals surface area (Å²) < 4.78 is 0. The lowest BCUT2D eigenvalue weighted by Gasteiger charge is -2.04. The summed E-state index contributed by atoms with van der Waals surface area (Å²) in [6, 6.07) is 14.1. The first-order chi connectivity index (χ1) is 9.26. The van der Waals surface area contributed by atoms with Crippen molar-refractivity contribution in [3.63, 3.8) is 0 Å². The number of hydrogen-bond donors (Lipinski definition) is 2. The van der Waals surface area contributed by atoms with E-state index in [-0.39, 0.29) is 5.69 Å². The third kappa shape index (κ3) is 2.85. The van der Waals surface area contributed by atoms with Crippen molar-refractivity contribution in [2.24, 2.45) is 0 Å². The highest BCUT2D eigenvalue weighted by atomic mass is 32.1. The molecule has 0 saturated heterocycles. The van der Waals surface area contributed by atoms with E-state index in [2.05, 4.69) is 17.4 Å². The molecule has 0 radical (unpaired) electrons. The van der Waals surface area contributed by atoms with Crippen molar-refractivity contribution in [3.05, 3.63) is 46.3 Å². The van der Waals surface area contributed by atoms with Gasteiger partial charge in [-0.25, -0.2) is 0 Å². The minimum Gasteiger partial charge on any atom is -0.396 e. The predicted octanol–water partition coefficient (Wildman–Crippen LogP) is 2.73. The zero-order chi connectivity index (χ0) is 13.7. The third-order valence-electron chi connectivity index (χ3n) is 2.70. The van der Waals surface area contributed by atoms with Gasteiger partial charge in [-0.05, 0) is 12.0 Å². The molecule has 0 unspecified atom stereocenters. The van der Waals surface area contributed by atoms with E-state index in [1.165, 1.54) is 16.9 Å². The topological polar surface area (TPSA) is 85.6 Å². The number of nitriles is 2. The van der Waals surface area contributed by atoms with Gasteiger partial charge in [0.2, 0.25) is 0 Å². The van der Waals surface area contributed by atoms with Crippen LogP contribution in [0.25, 0.3) is 0 Å². The Morgan fingerprint density at radius 2 is 1.89 bits per heavy atom. The number of nitrogens with one attached hydrogen (secondary N) is 1. The van der Waals surface area contributed by atoms with Crippen LogP contribution in [0.1, 0.15) is 16.0 Å². The molecule has 3 N–H and O–H groups in total. The van der Waals surface area contributed by atoms with Crippen molar-refractivity contribution in [2.75, 3.05) is 17.6 Å². The lowest BCUT2D eigenvalue weighted by atomic mass is 10.1. The molecule has 94 valence electrons. The molecule has 0 atom stereocenters. The monoisotopic (exact) mass is 268 g/mol. The molecule has 0 amide bonds. The van der Waals surface area contributed by atoms with Gasteiger partial charge in [-0.15, -0.1) is 11.3 Å². The summed E-state index contributed by atoms with van der Waals surface area (Å²) in [5.74, 6) is 0. The normalized spacial score (nSPS) is 9.58. The largest absolute Gasteiger partial charge is 0.396 e. The van der Waals surface area contributed by atoms with E-state index in [9.17, 15) is 0 Å². The summed E-state index contributed by atoms with van der Waals surface area (Å²) in [6.45, 7) is 0.698. The Labute approximate surface area is 115 Å². The smallest absolute Gasteiger partial charge is 0.131 e. The molecule has 4 nitrogen and oxygen atoms in total. The summed E-state index contributed by atoms with van der Waals surface area (Å²) >= 11 is 1.23. The fourth-order valence-corrected chi connectivity index (χ4v) is 2.62. The number of thiophene rings is 1. The average Bonchev–Trinajstić information content (AvgIpc) is 2.75. The van der Waals surface area contributed by atoms with Gasteiger partial charge in [-0.1, -0.05) is 30.3 Å². The highest BCUT2D eigenvalue weighted by molar-refractivity contribution is 7.17. The first-order valence-corrected chi connectivity index (χ1v) is 6.58. The van der Waals surface area contributed by atoms with Gasteiger partial charge in [-0.3, -0.25) is 0 Å².